The van der Waals surface area contributed by atoms with Crippen LogP contribution in [0.3, 0.4) is 0 Å². The number of hydrogen-bond donors (Lipinski definition) is 2. The second-order valence-corrected chi connectivity index (χ2v) is 10.4. The van der Waals surface area contributed by atoms with Gasteiger partial charge in [-0.2, -0.15) is 13.2 Å². The van der Waals surface area contributed by atoms with E-state index in [1.807, 2.05) is 19.9 Å². The number of aromatic carboxylic acids is 1. The second-order valence-electron chi connectivity index (χ2n) is 10.4. The zero-order valence-electron chi connectivity index (χ0n) is 21.3. The van der Waals surface area contributed by atoms with Crippen LogP contribution < -0.4 is 10.1 Å². The molecule has 37 heavy (non-hydrogen) atoms. The number of alkyl halides is 3. The molecule has 2 atom stereocenters. The number of halogens is 3. The highest BCUT2D eigenvalue weighted by Crippen LogP contribution is 2.46. The molecule has 2 N–H and O–H groups in total. The molecule has 1 aliphatic carbocycles. The molecule has 2 aromatic rings. The van der Waals surface area contributed by atoms with Gasteiger partial charge in [-0.25, -0.2) is 4.79 Å². The van der Waals surface area contributed by atoms with Crippen molar-refractivity contribution in [2.75, 3.05) is 13.7 Å². The van der Waals surface area contributed by atoms with E-state index in [1.165, 1.54) is 19.2 Å². The minimum absolute atomic E-state index is 0.00692. The van der Waals surface area contributed by atoms with Gasteiger partial charge in [-0.1, -0.05) is 26.0 Å². The highest BCUT2D eigenvalue weighted by atomic mass is 19.4. The number of ether oxygens (including phenoxy) is 1. The summed E-state index contributed by atoms with van der Waals surface area (Å²) in [6.45, 7) is 5.20. The molecule has 9 heteroatoms. The molecule has 0 aromatic heterocycles. The number of rotatable bonds is 7. The molecule has 0 spiro atoms. The Morgan fingerprint density at radius 2 is 1.95 bits per heavy atom. The van der Waals surface area contributed by atoms with Gasteiger partial charge >= 0.3 is 12.1 Å². The third kappa shape index (κ3) is 5.46. The van der Waals surface area contributed by atoms with E-state index in [9.17, 15) is 27.9 Å². The summed E-state index contributed by atoms with van der Waals surface area (Å²) in [6, 6.07) is 8.92. The van der Waals surface area contributed by atoms with E-state index in [-0.39, 0.29) is 30.0 Å². The Labute approximate surface area is 214 Å². The zero-order valence-corrected chi connectivity index (χ0v) is 21.3. The van der Waals surface area contributed by atoms with Crippen molar-refractivity contribution >= 4 is 11.9 Å². The van der Waals surface area contributed by atoms with E-state index in [2.05, 4.69) is 5.32 Å². The fourth-order valence-electron chi connectivity index (χ4n) is 5.73. The SMILES string of the molecule is COc1ccc(CN[C@@H]2CC[C@@](C(=O)N3CCc4ccc(C(F)(F)F)cc4C3)(C(C)C)C2)cc1C(=O)O. The van der Waals surface area contributed by atoms with Crippen molar-refractivity contribution in [2.24, 2.45) is 11.3 Å². The second kappa shape index (κ2) is 10.4. The Hall–Kier alpha value is -3.07. The number of carbonyl (C=O) groups is 2. The molecule has 0 radical (unpaired) electrons. The maximum absolute atomic E-state index is 13.9. The van der Waals surface area contributed by atoms with Crippen molar-refractivity contribution in [2.45, 2.75) is 64.8 Å². The van der Waals surface area contributed by atoms with Gasteiger partial charge in [-0.05, 0) is 72.6 Å². The van der Waals surface area contributed by atoms with Crippen molar-refractivity contribution in [1.29, 1.82) is 0 Å². The fourth-order valence-corrected chi connectivity index (χ4v) is 5.73. The van der Waals surface area contributed by atoms with E-state index in [0.29, 0.717) is 43.7 Å². The van der Waals surface area contributed by atoms with E-state index in [1.54, 1.807) is 17.0 Å². The van der Waals surface area contributed by atoms with E-state index in [0.717, 1.165) is 23.6 Å². The summed E-state index contributed by atoms with van der Waals surface area (Å²) in [5, 5.41) is 12.9. The molecule has 2 aromatic carbocycles. The van der Waals surface area contributed by atoms with Crippen molar-refractivity contribution < 1.29 is 32.6 Å². The summed E-state index contributed by atoms with van der Waals surface area (Å²) >= 11 is 0. The third-order valence-electron chi connectivity index (χ3n) is 8.00. The maximum Gasteiger partial charge on any atom is 0.416 e. The lowest BCUT2D eigenvalue weighted by Gasteiger charge is -2.40. The third-order valence-corrected chi connectivity index (χ3v) is 8.00. The zero-order chi connectivity index (χ0) is 27.0. The number of amides is 1. The molecule has 6 nitrogen and oxygen atoms in total. The summed E-state index contributed by atoms with van der Waals surface area (Å²) < 4.78 is 44.8. The quantitative estimate of drug-likeness (QED) is 0.521. The van der Waals surface area contributed by atoms with Crippen molar-refractivity contribution in [3.05, 3.63) is 64.2 Å². The van der Waals surface area contributed by atoms with Gasteiger partial charge in [0.2, 0.25) is 5.91 Å². The normalized spacial score (nSPS) is 21.7. The largest absolute Gasteiger partial charge is 0.496 e. The molecule has 0 unspecified atom stereocenters. The van der Waals surface area contributed by atoms with Crippen molar-refractivity contribution in [1.82, 2.24) is 10.2 Å². The first-order valence-electron chi connectivity index (χ1n) is 12.6. The van der Waals surface area contributed by atoms with Gasteiger partial charge in [0.25, 0.3) is 0 Å². The van der Waals surface area contributed by atoms with Gasteiger partial charge in [-0.3, -0.25) is 4.79 Å². The summed E-state index contributed by atoms with van der Waals surface area (Å²) in [5.41, 5.74) is 1.05. The molecular weight excluding hydrogens is 485 g/mol. The average molecular weight is 519 g/mol. The van der Waals surface area contributed by atoms with Gasteiger partial charge in [0.1, 0.15) is 11.3 Å². The molecule has 4 rings (SSSR count). The predicted molar refractivity (Wildman–Crippen MR) is 132 cm³/mol. The van der Waals surface area contributed by atoms with Crippen LogP contribution in [0.4, 0.5) is 13.2 Å². The van der Waals surface area contributed by atoms with Crippen molar-refractivity contribution in [3.8, 4) is 5.75 Å². The topological polar surface area (TPSA) is 78.9 Å². The molecule has 0 bridgehead atoms. The first-order chi connectivity index (χ1) is 17.4. The first kappa shape index (κ1) is 27.0. The number of carboxylic acids is 1. The van der Waals surface area contributed by atoms with Crippen LogP contribution >= 0.6 is 0 Å². The Bertz CT molecular complexity index is 1180. The van der Waals surface area contributed by atoms with Crippen molar-refractivity contribution in [3.63, 3.8) is 0 Å². The average Bonchev–Trinajstić information content (AvgIpc) is 3.31. The fraction of sp³-hybridized carbons (Fsp3) is 0.500. The lowest BCUT2D eigenvalue weighted by Crippen LogP contribution is -2.48. The molecule has 2 aliphatic rings. The molecule has 1 fully saturated rings. The van der Waals surface area contributed by atoms with Gasteiger partial charge in [0.15, 0.2) is 0 Å². The standard InChI is InChI=1S/C28H33F3N2O4/c1-17(2)27(26(36)33-11-9-19-5-6-21(28(29,30)31)13-20(19)16-33)10-8-22(14-27)32-15-18-4-7-24(37-3)23(12-18)25(34)35/h4-7,12-13,17,22,32H,8-11,14-16H2,1-3H3,(H,34,35)/t22-,27+/m1/s1. The van der Waals surface area contributed by atoms with Crippen LogP contribution in [-0.2, 0) is 30.5 Å². The number of nitrogens with one attached hydrogen (secondary N) is 1. The molecular formula is C28H33F3N2O4. The Balaban J connectivity index is 1.45. The summed E-state index contributed by atoms with van der Waals surface area (Å²) in [6.07, 6.45) is -1.78. The number of fused-ring (bicyclic) bond motifs is 1. The van der Waals surface area contributed by atoms with Crippen LogP contribution in [0.25, 0.3) is 0 Å². The number of benzene rings is 2. The number of carbonyl (C=O) groups excluding carboxylic acids is 1. The van der Waals surface area contributed by atoms with E-state index in [4.69, 9.17) is 4.74 Å². The van der Waals surface area contributed by atoms with Crippen LogP contribution in [0.1, 0.15) is 65.7 Å². The lowest BCUT2D eigenvalue weighted by molar-refractivity contribution is -0.145. The number of nitrogens with zero attached hydrogens (tertiary/aromatic N) is 1. The summed E-state index contributed by atoms with van der Waals surface area (Å²) in [5.74, 6) is -0.691. The Morgan fingerprint density at radius 1 is 1.19 bits per heavy atom. The number of carboxylic acid groups (broad SMARTS) is 1. The molecule has 1 aliphatic heterocycles. The van der Waals surface area contributed by atoms with Crippen LogP contribution in [0, 0.1) is 11.3 Å². The lowest BCUT2D eigenvalue weighted by atomic mass is 9.74. The monoisotopic (exact) mass is 518 g/mol. The Kier molecular flexibility index (Phi) is 7.55. The molecule has 200 valence electrons. The molecule has 1 heterocycles. The predicted octanol–water partition coefficient (Wildman–Crippen LogP) is 5.28. The first-order valence-corrected chi connectivity index (χ1v) is 12.6. The smallest absolute Gasteiger partial charge is 0.416 e. The highest BCUT2D eigenvalue weighted by Gasteiger charge is 2.49. The Morgan fingerprint density at radius 3 is 2.59 bits per heavy atom. The van der Waals surface area contributed by atoms with Gasteiger partial charge in [0, 0.05) is 25.7 Å². The maximum atomic E-state index is 13.9. The number of hydrogen-bond acceptors (Lipinski definition) is 4. The van der Waals surface area contributed by atoms with Gasteiger partial charge in [-0.15, -0.1) is 0 Å². The van der Waals surface area contributed by atoms with Gasteiger partial charge < -0.3 is 20.1 Å². The van der Waals surface area contributed by atoms with Gasteiger partial charge in [0.05, 0.1) is 18.1 Å². The van der Waals surface area contributed by atoms with Crippen LogP contribution in [0.15, 0.2) is 36.4 Å². The van der Waals surface area contributed by atoms with E-state index >= 15 is 0 Å². The van der Waals surface area contributed by atoms with Crippen LogP contribution in [0.2, 0.25) is 0 Å². The molecule has 0 saturated heterocycles. The molecule has 1 amide bonds. The summed E-state index contributed by atoms with van der Waals surface area (Å²) in [7, 11) is 1.43. The van der Waals surface area contributed by atoms with E-state index < -0.39 is 23.1 Å². The number of methoxy groups -OCH3 is 1. The highest BCUT2D eigenvalue weighted by molar-refractivity contribution is 5.91. The minimum atomic E-state index is -4.42. The molecule has 1 saturated carbocycles. The van der Waals surface area contributed by atoms with Crippen LogP contribution in [-0.4, -0.2) is 41.6 Å². The van der Waals surface area contributed by atoms with Crippen LogP contribution in [0.5, 0.6) is 5.75 Å². The minimum Gasteiger partial charge on any atom is -0.496 e. The summed E-state index contributed by atoms with van der Waals surface area (Å²) in [4.78, 5) is 27.1.